The zero-order valence-corrected chi connectivity index (χ0v) is 23.6. The Kier molecular flexibility index (Phi) is 9.92. The van der Waals surface area contributed by atoms with E-state index in [-0.39, 0.29) is 26.6 Å². The van der Waals surface area contributed by atoms with E-state index in [2.05, 4.69) is 8.91 Å². The minimum atomic E-state index is -4.25. The van der Waals surface area contributed by atoms with Crippen molar-refractivity contribution in [3.63, 3.8) is 0 Å². The van der Waals surface area contributed by atoms with Crippen molar-refractivity contribution < 1.29 is 33.6 Å². The monoisotopic (exact) mass is 576 g/mol. The highest BCUT2D eigenvalue weighted by atomic mass is 32.2. The molecule has 0 unspecified atom stereocenters. The smallest absolute Gasteiger partial charge is 0.271 e. The van der Waals surface area contributed by atoms with Crippen LogP contribution in [0.4, 0.5) is 5.69 Å². The third kappa shape index (κ3) is 7.41. The minimum absolute atomic E-state index is 0.00429. The van der Waals surface area contributed by atoms with Gasteiger partial charge >= 0.3 is 10.2 Å². The molecular formula is C22H28N2O8S4. The Bertz CT molecular complexity index is 1480. The molecule has 1 N–H and O–H groups in total. The second kappa shape index (κ2) is 11.9. The Morgan fingerprint density at radius 1 is 0.889 bits per heavy atom. The topological polar surface area (TPSA) is 136 Å². The fourth-order valence-corrected chi connectivity index (χ4v) is 5.50. The van der Waals surface area contributed by atoms with Gasteiger partial charge in [0.05, 0.1) is 19.9 Å². The van der Waals surface area contributed by atoms with Crippen molar-refractivity contribution in [1.29, 1.82) is 0 Å². The van der Waals surface area contributed by atoms with Crippen LogP contribution in [0.2, 0.25) is 0 Å². The van der Waals surface area contributed by atoms with E-state index in [4.69, 9.17) is 16.4 Å². The second-order valence-electron chi connectivity index (χ2n) is 7.66. The molecule has 0 fully saturated rings. The van der Waals surface area contributed by atoms with Crippen LogP contribution in [0.1, 0.15) is 30.0 Å². The Hall–Kier alpha value is -2.20. The summed E-state index contributed by atoms with van der Waals surface area (Å²) >= 11 is 5.26. The van der Waals surface area contributed by atoms with Crippen LogP contribution >= 0.6 is 12.2 Å². The van der Waals surface area contributed by atoms with Crippen LogP contribution in [0.3, 0.4) is 0 Å². The molecule has 0 saturated heterocycles. The molecule has 0 aliphatic rings. The van der Waals surface area contributed by atoms with E-state index >= 15 is 0 Å². The van der Waals surface area contributed by atoms with Crippen molar-refractivity contribution in [1.82, 2.24) is 4.31 Å². The predicted molar refractivity (Wildman–Crippen MR) is 143 cm³/mol. The number of hydrogen-bond acceptors (Lipinski definition) is 9. The summed E-state index contributed by atoms with van der Waals surface area (Å²) in [6.07, 6.45) is 3.89. The highest BCUT2D eigenvalue weighted by molar-refractivity contribution is 7.90. The van der Waals surface area contributed by atoms with Gasteiger partial charge in [-0.25, -0.2) is 0 Å². The summed E-state index contributed by atoms with van der Waals surface area (Å²) in [4.78, 5) is 0.337. The summed E-state index contributed by atoms with van der Waals surface area (Å²) < 4.78 is 87.1. The number of anilines is 1. The van der Waals surface area contributed by atoms with E-state index in [1.807, 2.05) is 6.92 Å². The Labute approximate surface area is 218 Å². The van der Waals surface area contributed by atoms with Gasteiger partial charge in [0, 0.05) is 20.5 Å². The number of benzene rings is 2. The largest absolute Gasteiger partial charge is 0.301 e. The Morgan fingerprint density at radius 3 is 1.86 bits per heavy atom. The summed E-state index contributed by atoms with van der Waals surface area (Å²) in [5.74, 6) is 0. The van der Waals surface area contributed by atoms with E-state index in [0.29, 0.717) is 18.4 Å². The van der Waals surface area contributed by atoms with Crippen molar-refractivity contribution in [3.8, 4) is 0 Å². The van der Waals surface area contributed by atoms with Gasteiger partial charge in [-0.05, 0) is 46.2 Å². The molecule has 0 aliphatic heterocycles. The lowest BCUT2D eigenvalue weighted by Crippen LogP contribution is -2.29. The average molecular weight is 577 g/mol. The molecule has 0 spiro atoms. The molecular weight excluding hydrogens is 549 g/mol. The van der Waals surface area contributed by atoms with Crippen LogP contribution in [0.25, 0.3) is 12.2 Å². The molecule has 0 heterocycles. The maximum absolute atomic E-state index is 12.6. The fraction of sp³-hybridized carbons (Fsp3) is 0.318. The van der Waals surface area contributed by atoms with Crippen LogP contribution in [-0.2, 0) is 45.2 Å². The van der Waals surface area contributed by atoms with E-state index in [1.54, 1.807) is 12.1 Å². The van der Waals surface area contributed by atoms with Gasteiger partial charge in [-0.15, -0.1) is 0 Å². The molecule has 2 aromatic carbocycles. The zero-order chi connectivity index (χ0) is 27.3. The summed E-state index contributed by atoms with van der Waals surface area (Å²) in [6, 6.07) is 8.61. The average Bonchev–Trinajstić information content (AvgIpc) is 2.83. The first-order valence-electron chi connectivity index (χ1n) is 10.4. The maximum atomic E-state index is 12.6. The molecule has 0 radical (unpaired) electrons. The minimum Gasteiger partial charge on any atom is -0.271 e. The molecule has 0 amide bonds. The van der Waals surface area contributed by atoms with Crippen molar-refractivity contribution in [2.45, 2.75) is 29.6 Å². The van der Waals surface area contributed by atoms with Gasteiger partial charge < -0.3 is 0 Å². The van der Waals surface area contributed by atoms with Crippen molar-refractivity contribution >= 4 is 65.4 Å². The number of nitrogens with one attached hydrogen (secondary N) is 1. The molecule has 0 bridgehead atoms. The molecule has 198 valence electrons. The first-order valence-corrected chi connectivity index (χ1v) is 15.1. The van der Waals surface area contributed by atoms with Gasteiger partial charge in [0.15, 0.2) is 0 Å². The van der Waals surface area contributed by atoms with Crippen molar-refractivity contribution in [2.75, 3.05) is 33.0 Å². The van der Waals surface area contributed by atoms with E-state index in [0.717, 1.165) is 29.5 Å². The molecule has 0 saturated carbocycles. The number of nitrogens with zero attached hydrogens (tertiary/aromatic N) is 1. The predicted octanol–water partition coefficient (Wildman–Crippen LogP) is 3.07. The molecule has 0 aliphatic carbocycles. The molecule has 10 nitrogen and oxygen atoms in total. The van der Waals surface area contributed by atoms with Gasteiger partial charge in [-0.1, -0.05) is 49.5 Å². The molecule has 0 aromatic heterocycles. The van der Waals surface area contributed by atoms with Gasteiger partial charge in [0.2, 0.25) is 0 Å². The standard InChI is InChI=1S/C22H28N2O8S4/c1-6-20(33)13-16-7-8-17(21(14-16)34(25,26)31-4)9-10-18-11-12-19(23-36(29,30)24(2)3)15-22(18)35(27,28)32-5/h7-12,14-15,23H,6,13H2,1-5H3/b10-9+. The van der Waals surface area contributed by atoms with Crippen LogP contribution < -0.4 is 4.72 Å². The summed E-state index contributed by atoms with van der Waals surface area (Å²) in [5, 5.41) is 0. The first kappa shape index (κ1) is 30.0. The third-order valence-corrected chi connectivity index (χ3v) is 9.58. The van der Waals surface area contributed by atoms with E-state index in [9.17, 15) is 25.3 Å². The lowest BCUT2D eigenvalue weighted by atomic mass is 10.1. The lowest BCUT2D eigenvalue weighted by Gasteiger charge is -2.15. The van der Waals surface area contributed by atoms with Gasteiger partial charge in [-0.3, -0.25) is 13.1 Å². The first-order chi connectivity index (χ1) is 16.7. The SMILES string of the molecule is CCC(=S)Cc1ccc(/C=C/c2ccc(NS(=O)(=O)N(C)C)cc2S(=O)(=O)OC)c(S(=O)(=O)OC)c1. The summed E-state index contributed by atoms with van der Waals surface area (Å²) in [6.45, 7) is 1.91. The molecule has 0 atom stereocenters. The van der Waals surface area contributed by atoms with Gasteiger partial charge in [-0.2, -0.15) is 29.6 Å². The van der Waals surface area contributed by atoms with Crippen LogP contribution in [0.15, 0.2) is 46.2 Å². The van der Waals surface area contributed by atoms with Crippen LogP contribution in [0, 0.1) is 0 Å². The summed E-state index contributed by atoms with van der Waals surface area (Å²) in [5.41, 5.74) is 1.08. The van der Waals surface area contributed by atoms with Gasteiger partial charge in [0.1, 0.15) is 9.79 Å². The van der Waals surface area contributed by atoms with Gasteiger partial charge in [0.25, 0.3) is 20.2 Å². The maximum Gasteiger partial charge on any atom is 0.301 e. The number of rotatable bonds is 12. The quantitative estimate of drug-likeness (QED) is 0.230. The highest BCUT2D eigenvalue weighted by Gasteiger charge is 2.21. The molecule has 2 rings (SSSR count). The van der Waals surface area contributed by atoms with E-state index < -0.39 is 30.4 Å². The van der Waals surface area contributed by atoms with Crippen molar-refractivity contribution in [2.24, 2.45) is 0 Å². The Balaban J connectivity index is 2.62. The summed E-state index contributed by atoms with van der Waals surface area (Å²) in [7, 11) is -7.58. The normalized spacial score (nSPS) is 12.8. The van der Waals surface area contributed by atoms with Crippen LogP contribution in [0.5, 0.6) is 0 Å². The third-order valence-electron chi connectivity index (χ3n) is 5.03. The molecule has 14 heteroatoms. The second-order valence-corrected chi connectivity index (χ2v) is 13.5. The highest BCUT2D eigenvalue weighted by Crippen LogP contribution is 2.27. The van der Waals surface area contributed by atoms with Crippen LogP contribution in [-0.4, -0.2) is 62.7 Å². The number of hydrogen-bond donors (Lipinski definition) is 1. The Morgan fingerprint density at radius 2 is 1.39 bits per heavy atom. The molecule has 36 heavy (non-hydrogen) atoms. The van der Waals surface area contributed by atoms with E-state index in [1.165, 1.54) is 44.4 Å². The van der Waals surface area contributed by atoms with Crippen molar-refractivity contribution in [3.05, 3.63) is 53.1 Å². The zero-order valence-electron chi connectivity index (χ0n) is 20.4. The molecule has 2 aromatic rings. The lowest BCUT2D eigenvalue weighted by molar-refractivity contribution is 0.396. The number of thiocarbonyl (C=S) groups is 1. The fourth-order valence-electron chi connectivity index (χ4n) is 2.95.